The summed E-state index contributed by atoms with van der Waals surface area (Å²) in [6.45, 7) is 12.9. The van der Waals surface area contributed by atoms with Gasteiger partial charge in [-0.2, -0.15) is 0 Å². The average Bonchev–Trinajstić information content (AvgIpc) is 2.49. The molecule has 1 aromatic rings. The molecule has 1 N–H and O–H groups in total. The van der Waals surface area contributed by atoms with Gasteiger partial charge in [-0.25, -0.2) is 0 Å². The minimum Gasteiger partial charge on any atom is -0.310 e. The van der Waals surface area contributed by atoms with E-state index in [1.54, 1.807) is 0 Å². The van der Waals surface area contributed by atoms with E-state index in [0.29, 0.717) is 18.0 Å². The van der Waals surface area contributed by atoms with Gasteiger partial charge in [0.15, 0.2) is 0 Å². The van der Waals surface area contributed by atoms with Crippen molar-refractivity contribution in [2.24, 2.45) is 0 Å². The van der Waals surface area contributed by atoms with Crippen LogP contribution in [-0.4, -0.2) is 61.7 Å². The van der Waals surface area contributed by atoms with E-state index in [0.717, 1.165) is 6.54 Å². The molecule has 2 rings (SSSR count). The van der Waals surface area contributed by atoms with Gasteiger partial charge in [-0.3, -0.25) is 4.90 Å². The summed E-state index contributed by atoms with van der Waals surface area (Å²) in [6.07, 6.45) is 0. The van der Waals surface area contributed by atoms with E-state index in [-0.39, 0.29) is 0 Å². The normalized spacial score (nSPS) is 21.9. The molecule has 0 unspecified atom stereocenters. The third-order valence-corrected chi connectivity index (χ3v) is 4.75. The van der Waals surface area contributed by atoms with Gasteiger partial charge in [0.1, 0.15) is 0 Å². The van der Waals surface area contributed by atoms with Crippen molar-refractivity contribution in [2.45, 2.75) is 38.8 Å². The van der Waals surface area contributed by atoms with Crippen molar-refractivity contribution >= 4 is 0 Å². The van der Waals surface area contributed by atoms with Gasteiger partial charge in [0.2, 0.25) is 0 Å². The minimum atomic E-state index is 0.495. The molecule has 21 heavy (non-hydrogen) atoms. The van der Waals surface area contributed by atoms with Gasteiger partial charge in [-0.15, -0.1) is 0 Å². The molecular formula is C18H31N3. The molecular weight excluding hydrogens is 258 g/mol. The Morgan fingerprint density at radius 1 is 1.00 bits per heavy atom. The maximum Gasteiger partial charge on any atom is 0.0169 e. The lowest BCUT2D eigenvalue weighted by Crippen LogP contribution is -2.50. The van der Waals surface area contributed by atoms with Crippen LogP contribution >= 0.6 is 0 Å². The molecule has 3 atom stereocenters. The molecule has 1 fully saturated rings. The Balaban J connectivity index is 1.78. The van der Waals surface area contributed by atoms with Crippen molar-refractivity contribution in [2.75, 3.05) is 39.8 Å². The molecule has 3 nitrogen and oxygen atoms in total. The topological polar surface area (TPSA) is 18.5 Å². The predicted molar refractivity (Wildman–Crippen MR) is 90.9 cm³/mol. The molecule has 3 heteroatoms. The Morgan fingerprint density at radius 3 is 2.24 bits per heavy atom. The van der Waals surface area contributed by atoms with E-state index in [1.807, 2.05) is 0 Å². The van der Waals surface area contributed by atoms with Crippen LogP contribution in [0.5, 0.6) is 0 Å². The SMILES string of the molecule is C[C@H](CN1CCN(C)CC1)N[C@@H](C)[C@@H](C)c1ccccc1. The van der Waals surface area contributed by atoms with Crippen LogP contribution < -0.4 is 5.32 Å². The van der Waals surface area contributed by atoms with Crippen molar-refractivity contribution in [1.29, 1.82) is 0 Å². The zero-order valence-electron chi connectivity index (χ0n) is 14.0. The molecule has 0 radical (unpaired) electrons. The maximum atomic E-state index is 3.78. The first-order chi connectivity index (χ1) is 10.1. The molecule has 118 valence electrons. The zero-order valence-corrected chi connectivity index (χ0v) is 14.0. The molecule has 1 saturated heterocycles. The Hall–Kier alpha value is -0.900. The van der Waals surface area contributed by atoms with E-state index in [9.17, 15) is 0 Å². The Bertz CT molecular complexity index is 398. The van der Waals surface area contributed by atoms with Gasteiger partial charge < -0.3 is 10.2 Å². The predicted octanol–water partition coefficient (Wildman–Crippen LogP) is 2.40. The van der Waals surface area contributed by atoms with Gasteiger partial charge >= 0.3 is 0 Å². The third-order valence-electron chi connectivity index (χ3n) is 4.75. The summed E-state index contributed by atoms with van der Waals surface area (Å²) < 4.78 is 0. The number of nitrogens with one attached hydrogen (secondary N) is 1. The fourth-order valence-corrected chi connectivity index (χ4v) is 3.11. The molecule has 0 bridgehead atoms. The number of nitrogens with zero attached hydrogens (tertiary/aromatic N) is 2. The van der Waals surface area contributed by atoms with Gasteiger partial charge in [0.25, 0.3) is 0 Å². The van der Waals surface area contributed by atoms with E-state index in [4.69, 9.17) is 0 Å². The van der Waals surface area contributed by atoms with E-state index in [2.05, 4.69) is 73.3 Å². The summed E-state index contributed by atoms with van der Waals surface area (Å²) in [5, 5.41) is 3.78. The van der Waals surface area contributed by atoms with Crippen molar-refractivity contribution in [3.05, 3.63) is 35.9 Å². The van der Waals surface area contributed by atoms with Crippen LogP contribution in [0.2, 0.25) is 0 Å². The molecule has 1 aromatic carbocycles. The lowest BCUT2D eigenvalue weighted by molar-refractivity contribution is 0.142. The zero-order chi connectivity index (χ0) is 15.2. The standard InChI is InChI=1S/C18H31N3/c1-15(14-21-12-10-20(4)11-13-21)19-17(3)16(2)18-8-6-5-7-9-18/h5-9,15-17,19H,10-14H2,1-4H3/t15-,16-,17+/m1/s1. The third kappa shape index (κ3) is 5.10. The quantitative estimate of drug-likeness (QED) is 0.867. The van der Waals surface area contributed by atoms with Gasteiger partial charge in [-0.05, 0) is 32.4 Å². The fourth-order valence-electron chi connectivity index (χ4n) is 3.11. The second kappa shape index (κ2) is 7.92. The van der Waals surface area contributed by atoms with Crippen LogP contribution in [0.1, 0.15) is 32.3 Å². The highest BCUT2D eigenvalue weighted by Crippen LogP contribution is 2.19. The average molecular weight is 289 g/mol. The highest BCUT2D eigenvalue weighted by Gasteiger charge is 2.19. The highest BCUT2D eigenvalue weighted by atomic mass is 15.3. The molecule has 0 spiro atoms. The first kappa shape index (κ1) is 16.5. The lowest BCUT2D eigenvalue weighted by Gasteiger charge is -2.35. The molecule has 1 aliphatic heterocycles. The van der Waals surface area contributed by atoms with Gasteiger partial charge in [0.05, 0.1) is 0 Å². The molecule has 0 aromatic heterocycles. The summed E-state index contributed by atoms with van der Waals surface area (Å²) in [5.74, 6) is 0.543. The van der Waals surface area contributed by atoms with Crippen LogP contribution in [0, 0.1) is 0 Å². The summed E-state index contributed by atoms with van der Waals surface area (Å²) in [6, 6.07) is 11.8. The van der Waals surface area contributed by atoms with Crippen LogP contribution in [0.15, 0.2) is 30.3 Å². The van der Waals surface area contributed by atoms with E-state index in [1.165, 1.54) is 31.7 Å². The van der Waals surface area contributed by atoms with Crippen LogP contribution in [-0.2, 0) is 0 Å². The summed E-state index contributed by atoms with van der Waals surface area (Å²) in [4.78, 5) is 4.99. The van der Waals surface area contributed by atoms with Crippen LogP contribution in [0.25, 0.3) is 0 Å². The Labute approximate surface area is 130 Å². The summed E-state index contributed by atoms with van der Waals surface area (Å²) in [7, 11) is 2.21. The Kier molecular flexibility index (Phi) is 6.22. The van der Waals surface area contributed by atoms with Crippen molar-refractivity contribution < 1.29 is 0 Å². The van der Waals surface area contributed by atoms with Crippen molar-refractivity contribution in [3.8, 4) is 0 Å². The molecule has 1 aliphatic rings. The first-order valence-electron chi connectivity index (χ1n) is 8.28. The van der Waals surface area contributed by atoms with Crippen molar-refractivity contribution in [3.63, 3.8) is 0 Å². The number of hydrogen-bond acceptors (Lipinski definition) is 3. The van der Waals surface area contributed by atoms with Crippen LogP contribution in [0.3, 0.4) is 0 Å². The molecule has 0 amide bonds. The number of likely N-dealkylation sites (N-methyl/N-ethyl adjacent to an activating group) is 1. The lowest BCUT2D eigenvalue weighted by atomic mass is 9.94. The van der Waals surface area contributed by atoms with Gasteiger partial charge in [-0.1, -0.05) is 37.3 Å². The highest BCUT2D eigenvalue weighted by molar-refractivity contribution is 5.20. The first-order valence-corrected chi connectivity index (χ1v) is 8.28. The largest absolute Gasteiger partial charge is 0.310 e. The molecule has 1 heterocycles. The fraction of sp³-hybridized carbons (Fsp3) is 0.667. The van der Waals surface area contributed by atoms with Gasteiger partial charge in [0, 0.05) is 44.8 Å². The van der Waals surface area contributed by atoms with Crippen molar-refractivity contribution in [1.82, 2.24) is 15.1 Å². The molecule has 0 aliphatic carbocycles. The smallest absolute Gasteiger partial charge is 0.0169 e. The number of piperazine rings is 1. The number of rotatable bonds is 6. The summed E-state index contributed by atoms with van der Waals surface area (Å²) >= 11 is 0. The monoisotopic (exact) mass is 289 g/mol. The van der Waals surface area contributed by atoms with E-state index < -0.39 is 0 Å². The van der Waals surface area contributed by atoms with E-state index >= 15 is 0 Å². The Morgan fingerprint density at radius 2 is 1.62 bits per heavy atom. The van der Waals surface area contributed by atoms with Crippen LogP contribution in [0.4, 0.5) is 0 Å². The minimum absolute atomic E-state index is 0.495. The second-order valence-electron chi connectivity index (χ2n) is 6.66. The molecule has 0 saturated carbocycles. The number of hydrogen-bond donors (Lipinski definition) is 1. The maximum absolute atomic E-state index is 3.78. The number of benzene rings is 1. The second-order valence-corrected chi connectivity index (χ2v) is 6.66. The summed E-state index contributed by atoms with van der Waals surface area (Å²) in [5.41, 5.74) is 1.42.